The third-order valence-corrected chi connectivity index (χ3v) is 4.97. The van der Waals surface area contributed by atoms with Crippen molar-refractivity contribution in [1.82, 2.24) is 10.6 Å². The van der Waals surface area contributed by atoms with Crippen LogP contribution in [0.3, 0.4) is 0 Å². The molecule has 0 saturated carbocycles. The van der Waals surface area contributed by atoms with Crippen LogP contribution in [0.4, 0.5) is 0 Å². The summed E-state index contributed by atoms with van der Waals surface area (Å²) in [5.74, 6) is -1.11. The average molecular weight is 337 g/mol. The number of hydrogen-bond acceptors (Lipinski definition) is 4. The number of rotatable bonds is 7. The zero-order chi connectivity index (χ0) is 16.8. The summed E-state index contributed by atoms with van der Waals surface area (Å²) in [4.78, 5) is 35.3. The van der Waals surface area contributed by atoms with E-state index in [1.54, 1.807) is 24.3 Å². The maximum absolute atomic E-state index is 12.1. The molecular weight excluding hydrogens is 318 g/mol. The molecule has 0 unspecified atom stereocenters. The normalized spacial score (nSPS) is 19.7. The third kappa shape index (κ3) is 4.88. The lowest BCUT2D eigenvalue weighted by atomic mass is 10.1. The molecule has 0 radical (unpaired) electrons. The van der Waals surface area contributed by atoms with Crippen molar-refractivity contribution in [3.05, 3.63) is 30.3 Å². The molecule has 23 heavy (non-hydrogen) atoms. The number of nitrogens with two attached hydrogens (primary N) is 1. The van der Waals surface area contributed by atoms with Crippen LogP contribution in [0.2, 0.25) is 0 Å². The molecule has 7 nitrogen and oxygen atoms in total. The largest absolute Gasteiger partial charge is 0.368 e. The quantitative estimate of drug-likeness (QED) is 0.617. The highest BCUT2D eigenvalue weighted by Gasteiger charge is 2.29. The Bertz CT molecular complexity index is 620. The third-order valence-electron chi connectivity index (χ3n) is 3.57. The minimum Gasteiger partial charge on any atom is -0.368 e. The van der Waals surface area contributed by atoms with Crippen LogP contribution < -0.4 is 16.4 Å². The van der Waals surface area contributed by atoms with E-state index in [-0.39, 0.29) is 24.5 Å². The molecule has 1 heterocycles. The summed E-state index contributed by atoms with van der Waals surface area (Å²) in [6.07, 6.45) is 0.854. The molecule has 124 valence electrons. The standard InChI is InChI=1S/C15H19N3O4S/c16-14(20)11(18-15(21)12-6-7-13(19)17-12)8-9-23(22)10-4-2-1-3-5-10/h1-5,11-12H,6-9H2,(H2,16,20)(H,17,19)(H,18,21)/t11-,12-,23-/m0/s1. The second-order valence-corrected chi connectivity index (χ2v) is 6.84. The van der Waals surface area contributed by atoms with Gasteiger partial charge in [0.2, 0.25) is 17.7 Å². The van der Waals surface area contributed by atoms with Crippen molar-refractivity contribution in [2.75, 3.05) is 5.75 Å². The molecule has 4 N–H and O–H groups in total. The smallest absolute Gasteiger partial charge is 0.243 e. The molecule has 8 heteroatoms. The Kier molecular flexibility index (Phi) is 5.86. The van der Waals surface area contributed by atoms with Crippen molar-refractivity contribution in [3.8, 4) is 0 Å². The van der Waals surface area contributed by atoms with Crippen LogP contribution in [0, 0.1) is 0 Å². The van der Waals surface area contributed by atoms with Gasteiger partial charge in [-0.3, -0.25) is 18.6 Å². The van der Waals surface area contributed by atoms with E-state index in [0.717, 1.165) is 0 Å². The second kappa shape index (κ2) is 7.87. The minimum absolute atomic E-state index is 0.170. The Morgan fingerprint density at radius 1 is 1.35 bits per heavy atom. The summed E-state index contributed by atoms with van der Waals surface area (Å²) in [6.45, 7) is 0. The fourth-order valence-electron chi connectivity index (χ4n) is 2.28. The fourth-order valence-corrected chi connectivity index (χ4v) is 3.43. The van der Waals surface area contributed by atoms with Gasteiger partial charge in [0.15, 0.2) is 0 Å². The van der Waals surface area contributed by atoms with Crippen LogP contribution in [0.25, 0.3) is 0 Å². The van der Waals surface area contributed by atoms with Gasteiger partial charge >= 0.3 is 0 Å². The average Bonchev–Trinajstić information content (AvgIpc) is 2.98. The predicted molar refractivity (Wildman–Crippen MR) is 84.6 cm³/mol. The van der Waals surface area contributed by atoms with Crippen LogP contribution in [0.5, 0.6) is 0 Å². The van der Waals surface area contributed by atoms with Gasteiger partial charge < -0.3 is 16.4 Å². The van der Waals surface area contributed by atoms with E-state index in [1.807, 2.05) is 6.07 Å². The summed E-state index contributed by atoms with van der Waals surface area (Å²) >= 11 is 0. The zero-order valence-corrected chi connectivity index (χ0v) is 13.3. The number of carbonyl (C=O) groups is 3. The summed E-state index contributed by atoms with van der Waals surface area (Å²) < 4.78 is 12.1. The molecule has 2 rings (SSSR count). The van der Waals surface area contributed by atoms with Crippen LogP contribution in [0.15, 0.2) is 35.2 Å². The number of benzene rings is 1. The topological polar surface area (TPSA) is 118 Å². The molecular formula is C15H19N3O4S. The van der Waals surface area contributed by atoms with Crippen LogP contribution in [-0.4, -0.2) is 39.8 Å². The first kappa shape index (κ1) is 17.1. The molecule has 3 atom stereocenters. The number of hydrogen-bond donors (Lipinski definition) is 3. The lowest BCUT2D eigenvalue weighted by Gasteiger charge is -2.18. The van der Waals surface area contributed by atoms with Gasteiger partial charge in [-0.05, 0) is 25.0 Å². The van der Waals surface area contributed by atoms with Crippen molar-refractivity contribution in [2.24, 2.45) is 5.73 Å². The number of amides is 3. The summed E-state index contributed by atoms with van der Waals surface area (Å²) in [5, 5.41) is 5.05. The van der Waals surface area contributed by atoms with E-state index in [1.165, 1.54) is 0 Å². The Morgan fingerprint density at radius 2 is 2.04 bits per heavy atom. The van der Waals surface area contributed by atoms with Crippen LogP contribution in [0.1, 0.15) is 19.3 Å². The molecule has 1 aliphatic rings. The highest BCUT2D eigenvalue weighted by atomic mass is 32.2. The molecule has 0 aromatic heterocycles. The second-order valence-electron chi connectivity index (χ2n) is 5.27. The Balaban J connectivity index is 1.89. The Hall–Kier alpha value is -2.22. The summed E-state index contributed by atoms with van der Waals surface area (Å²) in [6, 6.07) is 7.32. The van der Waals surface area contributed by atoms with Crippen LogP contribution >= 0.6 is 0 Å². The molecule has 1 saturated heterocycles. The number of nitrogens with one attached hydrogen (secondary N) is 2. The van der Waals surface area contributed by atoms with Crippen LogP contribution in [-0.2, 0) is 25.2 Å². The van der Waals surface area contributed by atoms with E-state index in [4.69, 9.17) is 5.73 Å². The Labute approximate surface area is 136 Å². The highest BCUT2D eigenvalue weighted by molar-refractivity contribution is 7.85. The lowest BCUT2D eigenvalue weighted by Crippen LogP contribution is -2.51. The first-order valence-corrected chi connectivity index (χ1v) is 8.61. The number of carbonyl (C=O) groups excluding carboxylic acids is 3. The molecule has 0 bridgehead atoms. The van der Waals surface area contributed by atoms with Gasteiger partial charge in [0.05, 0.1) is 10.8 Å². The SMILES string of the molecule is NC(=O)[C@H](CC[S@](=O)c1ccccc1)NC(=O)[C@@H]1CCC(=O)N1. The van der Waals surface area contributed by atoms with Gasteiger partial charge in [0.1, 0.15) is 12.1 Å². The molecule has 1 fully saturated rings. The Morgan fingerprint density at radius 3 is 2.61 bits per heavy atom. The molecule has 1 aromatic carbocycles. The van der Waals surface area contributed by atoms with E-state index < -0.39 is 34.7 Å². The van der Waals surface area contributed by atoms with Crippen molar-refractivity contribution in [2.45, 2.75) is 36.2 Å². The lowest BCUT2D eigenvalue weighted by molar-refractivity contribution is -0.129. The van der Waals surface area contributed by atoms with Crippen molar-refractivity contribution >= 4 is 28.5 Å². The molecule has 0 aliphatic carbocycles. The first-order chi connectivity index (χ1) is 11.0. The first-order valence-electron chi connectivity index (χ1n) is 7.30. The van der Waals surface area contributed by atoms with Gasteiger partial charge in [-0.15, -0.1) is 0 Å². The predicted octanol–water partition coefficient (Wildman–Crippen LogP) is -0.567. The maximum Gasteiger partial charge on any atom is 0.243 e. The monoisotopic (exact) mass is 337 g/mol. The zero-order valence-electron chi connectivity index (χ0n) is 12.5. The number of primary amides is 1. The molecule has 3 amide bonds. The van der Waals surface area contributed by atoms with Gasteiger partial charge in [-0.25, -0.2) is 0 Å². The summed E-state index contributed by atoms with van der Waals surface area (Å²) in [7, 11) is -1.27. The van der Waals surface area contributed by atoms with E-state index >= 15 is 0 Å². The molecule has 1 aliphatic heterocycles. The maximum atomic E-state index is 12.1. The van der Waals surface area contributed by atoms with Gasteiger partial charge in [0, 0.05) is 17.1 Å². The van der Waals surface area contributed by atoms with Crippen molar-refractivity contribution in [3.63, 3.8) is 0 Å². The minimum atomic E-state index is -1.27. The fraction of sp³-hybridized carbons (Fsp3) is 0.400. The van der Waals surface area contributed by atoms with Gasteiger partial charge in [-0.2, -0.15) is 0 Å². The molecule has 0 spiro atoms. The van der Waals surface area contributed by atoms with Gasteiger partial charge in [-0.1, -0.05) is 18.2 Å². The van der Waals surface area contributed by atoms with Gasteiger partial charge in [0.25, 0.3) is 0 Å². The van der Waals surface area contributed by atoms with E-state index in [0.29, 0.717) is 11.3 Å². The van der Waals surface area contributed by atoms with E-state index in [2.05, 4.69) is 10.6 Å². The van der Waals surface area contributed by atoms with Crippen molar-refractivity contribution in [1.29, 1.82) is 0 Å². The van der Waals surface area contributed by atoms with E-state index in [9.17, 15) is 18.6 Å². The molecule has 1 aromatic rings. The highest BCUT2D eigenvalue weighted by Crippen LogP contribution is 2.09. The van der Waals surface area contributed by atoms with Crippen molar-refractivity contribution < 1.29 is 18.6 Å². The summed E-state index contributed by atoms with van der Waals surface area (Å²) in [5.41, 5.74) is 5.30.